The van der Waals surface area contributed by atoms with E-state index >= 15 is 0 Å². The van der Waals surface area contributed by atoms with Crippen molar-refractivity contribution < 1.29 is 19.8 Å². The second kappa shape index (κ2) is 12.7. The molecule has 0 bridgehead atoms. The first-order valence-electron chi connectivity index (χ1n) is 14.4. The minimum Gasteiger partial charge on any atom is -0.481 e. The summed E-state index contributed by atoms with van der Waals surface area (Å²) in [7, 11) is 2.11. The zero-order valence-electron chi connectivity index (χ0n) is 24.5. The largest absolute Gasteiger partial charge is 0.481 e. The number of aliphatic hydroxyl groups excluding tert-OH is 1. The summed E-state index contributed by atoms with van der Waals surface area (Å²) in [4.78, 5) is 42.3. The summed E-state index contributed by atoms with van der Waals surface area (Å²) in [5, 5.41) is 22.5. The van der Waals surface area contributed by atoms with Gasteiger partial charge >= 0.3 is 12.0 Å². The van der Waals surface area contributed by atoms with Gasteiger partial charge in [-0.25, -0.2) is 9.78 Å². The summed E-state index contributed by atoms with van der Waals surface area (Å²) in [6, 6.07) is 11.6. The number of amides is 2. The van der Waals surface area contributed by atoms with Gasteiger partial charge in [-0.3, -0.25) is 14.6 Å². The highest BCUT2D eigenvalue weighted by molar-refractivity contribution is 6.06. The molecule has 1 aromatic heterocycles. The molecule has 3 heterocycles. The van der Waals surface area contributed by atoms with Gasteiger partial charge in [0.1, 0.15) is 5.82 Å². The molecule has 0 saturated carbocycles. The van der Waals surface area contributed by atoms with Crippen molar-refractivity contribution in [2.45, 2.75) is 46.3 Å². The second-order valence-electron chi connectivity index (χ2n) is 11.1. The van der Waals surface area contributed by atoms with E-state index in [0.29, 0.717) is 37.7 Å². The van der Waals surface area contributed by atoms with Gasteiger partial charge in [-0.1, -0.05) is 18.2 Å². The Morgan fingerprint density at radius 2 is 1.79 bits per heavy atom. The van der Waals surface area contributed by atoms with Crippen LogP contribution in [0.1, 0.15) is 41.5 Å². The monoisotopic (exact) mass is 573 g/mol. The van der Waals surface area contributed by atoms with Crippen LogP contribution in [0.5, 0.6) is 0 Å². The summed E-state index contributed by atoms with van der Waals surface area (Å²) in [5.41, 5.74) is 6.25. The Balaban J connectivity index is 1.41. The number of nitrogens with zero attached hydrogens (tertiary/aromatic N) is 6. The van der Waals surface area contributed by atoms with Crippen LogP contribution in [0.25, 0.3) is 0 Å². The zero-order valence-corrected chi connectivity index (χ0v) is 24.5. The summed E-state index contributed by atoms with van der Waals surface area (Å²) >= 11 is 0. The van der Waals surface area contributed by atoms with Crippen LogP contribution in [0.2, 0.25) is 0 Å². The molecule has 1 saturated heterocycles. The first-order valence-corrected chi connectivity index (χ1v) is 14.4. The number of hydrogen-bond acceptors (Lipinski definition) is 8. The molecule has 0 unspecified atom stereocenters. The number of carbonyl (C=O) groups excluding carboxylic acids is 1. The molecular weight excluding hydrogens is 534 g/mol. The standard InChI is InChI=1S/C31H39N7O4/c1-21-7-6-8-22(2)28(21)38-19-24-18-32-30(34-29(24)37(31(38)42)12-5-4-9-27(40)41)33-25-10-11-26(23(17-25)20-39)36-15-13-35(3)14-16-36/h6-8,10-11,17-18,39H,4-5,9,12-16,19-20H2,1-3H3,(H,40,41)(H,32,33,34). The fraction of sp³-hybridized carbons (Fsp3) is 0.419. The predicted molar refractivity (Wildman–Crippen MR) is 164 cm³/mol. The number of carboxylic acids is 1. The Hall–Kier alpha value is -4.22. The van der Waals surface area contributed by atoms with Crippen LogP contribution in [0.15, 0.2) is 42.6 Å². The lowest BCUT2D eigenvalue weighted by Gasteiger charge is -2.37. The summed E-state index contributed by atoms with van der Waals surface area (Å²) in [5.74, 6) is 0.00725. The number of aliphatic carboxylic acids is 1. The molecule has 0 spiro atoms. The number of aliphatic hydroxyl groups is 1. The lowest BCUT2D eigenvalue weighted by atomic mass is 10.1. The van der Waals surface area contributed by atoms with Gasteiger partial charge in [0.25, 0.3) is 0 Å². The number of unbranched alkanes of at least 4 members (excludes halogenated alkanes) is 1. The van der Waals surface area contributed by atoms with Crippen LogP contribution in [0.3, 0.4) is 0 Å². The average Bonchev–Trinajstić information content (AvgIpc) is 2.97. The fourth-order valence-corrected chi connectivity index (χ4v) is 5.71. The third-order valence-electron chi connectivity index (χ3n) is 7.97. The molecule has 5 rings (SSSR count). The number of anilines is 5. The molecule has 0 atom stereocenters. The van der Waals surface area contributed by atoms with Gasteiger partial charge in [0.05, 0.1) is 18.8 Å². The van der Waals surface area contributed by atoms with E-state index in [2.05, 4.69) is 27.1 Å². The third-order valence-corrected chi connectivity index (χ3v) is 7.97. The van der Waals surface area contributed by atoms with E-state index in [1.54, 1.807) is 16.0 Å². The number of carbonyl (C=O) groups is 2. The van der Waals surface area contributed by atoms with E-state index in [4.69, 9.17) is 10.1 Å². The van der Waals surface area contributed by atoms with Crippen LogP contribution in [-0.4, -0.2) is 76.9 Å². The zero-order chi connectivity index (χ0) is 29.8. The number of rotatable bonds is 10. The van der Waals surface area contributed by atoms with E-state index < -0.39 is 5.97 Å². The van der Waals surface area contributed by atoms with E-state index in [9.17, 15) is 14.7 Å². The Morgan fingerprint density at radius 1 is 1.05 bits per heavy atom. The summed E-state index contributed by atoms with van der Waals surface area (Å²) < 4.78 is 0. The van der Waals surface area contributed by atoms with E-state index in [0.717, 1.165) is 65.5 Å². The maximum atomic E-state index is 13.9. The molecular formula is C31H39N7O4. The number of piperazine rings is 1. The van der Waals surface area contributed by atoms with Gasteiger partial charge in [-0.05, 0) is 63.1 Å². The number of fused-ring (bicyclic) bond motifs is 1. The second-order valence-corrected chi connectivity index (χ2v) is 11.1. The van der Waals surface area contributed by atoms with Crippen LogP contribution >= 0.6 is 0 Å². The molecule has 222 valence electrons. The lowest BCUT2D eigenvalue weighted by Crippen LogP contribution is -2.48. The average molecular weight is 574 g/mol. The minimum atomic E-state index is -0.854. The molecule has 3 aromatic rings. The predicted octanol–water partition coefficient (Wildman–Crippen LogP) is 4.28. The first-order chi connectivity index (χ1) is 20.2. The lowest BCUT2D eigenvalue weighted by molar-refractivity contribution is -0.137. The first kappa shape index (κ1) is 29.3. The van der Waals surface area contributed by atoms with Crippen LogP contribution in [-0.2, 0) is 17.9 Å². The van der Waals surface area contributed by atoms with Gasteiger partial charge < -0.3 is 25.3 Å². The molecule has 2 aromatic carbocycles. The summed E-state index contributed by atoms with van der Waals surface area (Å²) in [6.45, 7) is 8.31. The van der Waals surface area contributed by atoms with E-state index in [1.165, 1.54) is 0 Å². The topological polar surface area (TPSA) is 125 Å². The molecule has 11 heteroatoms. The highest BCUT2D eigenvalue weighted by atomic mass is 16.4. The molecule has 0 aliphatic carbocycles. The van der Waals surface area contributed by atoms with Gasteiger partial charge in [0.2, 0.25) is 5.95 Å². The van der Waals surface area contributed by atoms with Crippen molar-refractivity contribution in [3.05, 3.63) is 64.8 Å². The molecule has 2 aliphatic rings. The Morgan fingerprint density at radius 3 is 2.48 bits per heavy atom. The van der Waals surface area contributed by atoms with Gasteiger partial charge in [-0.2, -0.15) is 4.98 Å². The maximum Gasteiger partial charge on any atom is 0.330 e. The highest BCUT2D eigenvalue weighted by Gasteiger charge is 2.34. The van der Waals surface area contributed by atoms with Crippen LogP contribution in [0.4, 0.5) is 33.6 Å². The van der Waals surface area contributed by atoms with Crippen molar-refractivity contribution in [3.8, 4) is 0 Å². The number of aromatic nitrogens is 2. The van der Waals surface area contributed by atoms with Crippen molar-refractivity contribution in [1.29, 1.82) is 0 Å². The van der Waals surface area contributed by atoms with Crippen LogP contribution < -0.4 is 20.0 Å². The number of likely N-dealkylation sites (N-methyl/N-ethyl adjacent to an activating group) is 1. The van der Waals surface area contributed by atoms with E-state index in [1.807, 2.05) is 50.2 Å². The molecule has 1 fully saturated rings. The molecule has 2 aliphatic heterocycles. The number of nitrogens with one attached hydrogen (secondary N) is 1. The number of benzene rings is 2. The Bertz CT molecular complexity index is 1430. The number of para-hydroxylation sites is 1. The smallest absolute Gasteiger partial charge is 0.330 e. The number of carboxylic acid groups (broad SMARTS) is 1. The number of aryl methyl sites for hydroxylation is 2. The normalized spacial score (nSPS) is 15.6. The van der Waals surface area contributed by atoms with Gasteiger partial charge in [0, 0.05) is 67.8 Å². The van der Waals surface area contributed by atoms with Crippen molar-refractivity contribution in [2.24, 2.45) is 0 Å². The van der Waals surface area contributed by atoms with Crippen molar-refractivity contribution in [1.82, 2.24) is 14.9 Å². The third kappa shape index (κ3) is 6.32. The molecule has 11 nitrogen and oxygen atoms in total. The van der Waals surface area contributed by atoms with Crippen molar-refractivity contribution in [2.75, 3.05) is 59.8 Å². The number of hydrogen-bond donors (Lipinski definition) is 3. The SMILES string of the molecule is Cc1cccc(C)c1N1Cc2cnc(Nc3ccc(N4CCN(C)CC4)c(CO)c3)nc2N(CCCCC(=O)O)C1=O. The van der Waals surface area contributed by atoms with Crippen LogP contribution in [0, 0.1) is 13.8 Å². The highest BCUT2D eigenvalue weighted by Crippen LogP contribution is 2.35. The van der Waals surface area contributed by atoms with Gasteiger partial charge in [-0.15, -0.1) is 0 Å². The minimum absolute atomic E-state index is 0.0450. The quantitative estimate of drug-likeness (QED) is 0.305. The van der Waals surface area contributed by atoms with Crippen molar-refractivity contribution in [3.63, 3.8) is 0 Å². The Kier molecular flexibility index (Phi) is 8.89. The fourth-order valence-electron chi connectivity index (χ4n) is 5.71. The van der Waals surface area contributed by atoms with Gasteiger partial charge in [0.15, 0.2) is 0 Å². The Labute approximate surface area is 246 Å². The molecule has 3 N–H and O–H groups in total. The molecule has 0 radical (unpaired) electrons. The van der Waals surface area contributed by atoms with Crippen molar-refractivity contribution >= 4 is 40.8 Å². The summed E-state index contributed by atoms with van der Waals surface area (Å²) in [6.07, 6.45) is 2.77. The molecule has 42 heavy (non-hydrogen) atoms. The molecule has 2 amide bonds. The van der Waals surface area contributed by atoms with E-state index in [-0.39, 0.29) is 19.1 Å². The number of urea groups is 1. The maximum absolute atomic E-state index is 13.9.